The van der Waals surface area contributed by atoms with Crippen LogP contribution in [0.3, 0.4) is 0 Å². The number of hydrogen-bond donors (Lipinski definition) is 0. The summed E-state index contributed by atoms with van der Waals surface area (Å²) in [5, 5.41) is 1.04. The Balaban J connectivity index is 1.71. The SMILES string of the molecule is CCC(=O)N1CCN(c2nc(-c3cccnc3)nc3ccccc23)CC1. The molecule has 0 spiro atoms. The molecule has 1 amide bonds. The third-order valence-corrected chi connectivity index (χ3v) is 4.74. The number of carbonyl (C=O) groups excluding carboxylic acids is 1. The van der Waals surface area contributed by atoms with Crippen molar-refractivity contribution >= 4 is 22.6 Å². The second kappa shape index (κ2) is 7.07. The highest BCUT2D eigenvalue weighted by molar-refractivity contribution is 5.91. The van der Waals surface area contributed by atoms with E-state index in [4.69, 9.17) is 9.97 Å². The highest BCUT2D eigenvalue weighted by Crippen LogP contribution is 2.28. The molecule has 1 aromatic carbocycles. The van der Waals surface area contributed by atoms with E-state index in [1.54, 1.807) is 12.4 Å². The number of aromatic nitrogens is 3. The van der Waals surface area contributed by atoms with Crippen LogP contribution in [0.1, 0.15) is 13.3 Å². The summed E-state index contributed by atoms with van der Waals surface area (Å²) in [6.07, 6.45) is 4.09. The fourth-order valence-electron chi connectivity index (χ4n) is 3.32. The molecule has 132 valence electrons. The van der Waals surface area contributed by atoms with Gasteiger partial charge in [-0.25, -0.2) is 9.97 Å². The molecule has 0 bridgehead atoms. The van der Waals surface area contributed by atoms with Gasteiger partial charge in [0.05, 0.1) is 5.52 Å². The van der Waals surface area contributed by atoms with E-state index in [0.29, 0.717) is 12.2 Å². The van der Waals surface area contributed by atoms with Crippen LogP contribution < -0.4 is 4.90 Å². The number of fused-ring (bicyclic) bond motifs is 1. The molecule has 6 heteroatoms. The van der Waals surface area contributed by atoms with Gasteiger partial charge in [-0.3, -0.25) is 9.78 Å². The molecule has 2 aromatic heterocycles. The molecule has 0 unspecified atom stereocenters. The normalized spacial score (nSPS) is 14.7. The van der Waals surface area contributed by atoms with E-state index < -0.39 is 0 Å². The van der Waals surface area contributed by atoms with Crippen molar-refractivity contribution < 1.29 is 4.79 Å². The van der Waals surface area contributed by atoms with Crippen molar-refractivity contribution in [3.05, 3.63) is 48.8 Å². The van der Waals surface area contributed by atoms with E-state index >= 15 is 0 Å². The summed E-state index contributed by atoms with van der Waals surface area (Å²) >= 11 is 0. The van der Waals surface area contributed by atoms with Crippen molar-refractivity contribution in [3.63, 3.8) is 0 Å². The monoisotopic (exact) mass is 347 g/mol. The number of hydrogen-bond acceptors (Lipinski definition) is 5. The lowest BCUT2D eigenvalue weighted by Gasteiger charge is -2.35. The average molecular weight is 347 g/mol. The highest BCUT2D eigenvalue weighted by atomic mass is 16.2. The number of pyridine rings is 1. The molecule has 4 rings (SSSR count). The number of anilines is 1. The molecule has 0 aliphatic carbocycles. The predicted molar refractivity (Wildman–Crippen MR) is 102 cm³/mol. The van der Waals surface area contributed by atoms with Gasteiger partial charge in [-0.15, -0.1) is 0 Å². The maximum absolute atomic E-state index is 11.9. The Morgan fingerprint density at radius 1 is 1.04 bits per heavy atom. The van der Waals surface area contributed by atoms with Crippen LogP contribution in [-0.2, 0) is 4.79 Å². The molecule has 6 nitrogen and oxygen atoms in total. The van der Waals surface area contributed by atoms with Crippen molar-refractivity contribution in [2.24, 2.45) is 0 Å². The summed E-state index contributed by atoms with van der Waals surface area (Å²) in [5.41, 5.74) is 1.82. The van der Waals surface area contributed by atoms with Gasteiger partial charge < -0.3 is 9.80 Å². The Bertz CT molecular complexity index is 920. The van der Waals surface area contributed by atoms with Crippen LogP contribution in [0, 0.1) is 0 Å². The van der Waals surface area contributed by atoms with Crippen LogP contribution in [0.25, 0.3) is 22.3 Å². The maximum atomic E-state index is 11.9. The lowest BCUT2D eigenvalue weighted by Crippen LogP contribution is -2.49. The number of para-hydroxylation sites is 1. The minimum Gasteiger partial charge on any atom is -0.352 e. The predicted octanol–water partition coefficient (Wildman–Crippen LogP) is 2.75. The van der Waals surface area contributed by atoms with Gasteiger partial charge in [-0.05, 0) is 24.3 Å². The Kier molecular flexibility index (Phi) is 4.48. The Hall–Kier alpha value is -3.02. The van der Waals surface area contributed by atoms with Crippen LogP contribution in [0.15, 0.2) is 48.8 Å². The van der Waals surface area contributed by atoms with Crippen molar-refractivity contribution in [1.82, 2.24) is 19.9 Å². The zero-order valence-corrected chi connectivity index (χ0v) is 14.8. The molecule has 1 saturated heterocycles. The molecule has 3 heterocycles. The van der Waals surface area contributed by atoms with Gasteiger partial charge in [0, 0.05) is 55.9 Å². The number of piperazine rings is 1. The number of rotatable bonds is 3. The van der Waals surface area contributed by atoms with Gasteiger partial charge in [0.15, 0.2) is 5.82 Å². The average Bonchev–Trinajstić information content (AvgIpc) is 2.73. The van der Waals surface area contributed by atoms with Gasteiger partial charge in [-0.2, -0.15) is 0 Å². The molecular formula is C20H21N5O. The standard InChI is InChI=1S/C20H21N5O/c1-2-18(26)24-10-12-25(13-11-24)20-16-7-3-4-8-17(16)22-19(23-20)15-6-5-9-21-14-15/h3-9,14H,2,10-13H2,1H3. The first-order valence-corrected chi connectivity index (χ1v) is 8.96. The summed E-state index contributed by atoms with van der Waals surface area (Å²) < 4.78 is 0. The van der Waals surface area contributed by atoms with Crippen LogP contribution in [0.2, 0.25) is 0 Å². The van der Waals surface area contributed by atoms with Crippen LogP contribution in [0.5, 0.6) is 0 Å². The third kappa shape index (κ3) is 3.10. The minimum absolute atomic E-state index is 0.216. The van der Waals surface area contributed by atoms with Gasteiger partial charge in [-0.1, -0.05) is 19.1 Å². The highest BCUT2D eigenvalue weighted by Gasteiger charge is 2.23. The molecule has 1 fully saturated rings. The number of nitrogens with zero attached hydrogens (tertiary/aromatic N) is 5. The molecule has 0 radical (unpaired) electrons. The largest absolute Gasteiger partial charge is 0.352 e. The van der Waals surface area contributed by atoms with Gasteiger partial charge in [0.1, 0.15) is 5.82 Å². The molecule has 3 aromatic rings. The van der Waals surface area contributed by atoms with E-state index in [1.807, 2.05) is 42.2 Å². The first-order valence-electron chi connectivity index (χ1n) is 8.96. The van der Waals surface area contributed by atoms with Crippen molar-refractivity contribution in [2.45, 2.75) is 13.3 Å². The van der Waals surface area contributed by atoms with Gasteiger partial charge in [0.25, 0.3) is 0 Å². The fraction of sp³-hybridized carbons (Fsp3) is 0.300. The van der Waals surface area contributed by atoms with E-state index in [-0.39, 0.29) is 5.91 Å². The second-order valence-electron chi connectivity index (χ2n) is 6.35. The van der Waals surface area contributed by atoms with Gasteiger partial charge in [0.2, 0.25) is 5.91 Å². The topological polar surface area (TPSA) is 62.2 Å². The van der Waals surface area contributed by atoms with E-state index in [0.717, 1.165) is 48.5 Å². The summed E-state index contributed by atoms with van der Waals surface area (Å²) in [6.45, 7) is 4.92. The Labute approximate surface area is 152 Å². The zero-order valence-electron chi connectivity index (χ0n) is 14.8. The smallest absolute Gasteiger partial charge is 0.222 e. The molecular weight excluding hydrogens is 326 g/mol. The summed E-state index contributed by atoms with van der Waals surface area (Å²) in [7, 11) is 0. The number of carbonyl (C=O) groups is 1. The molecule has 0 atom stereocenters. The van der Waals surface area contributed by atoms with Crippen molar-refractivity contribution in [3.8, 4) is 11.4 Å². The number of benzene rings is 1. The summed E-state index contributed by atoms with van der Waals surface area (Å²) in [4.78, 5) is 29.9. The van der Waals surface area contributed by atoms with Gasteiger partial charge >= 0.3 is 0 Å². The Morgan fingerprint density at radius 3 is 2.58 bits per heavy atom. The summed E-state index contributed by atoms with van der Waals surface area (Å²) in [6, 6.07) is 11.9. The van der Waals surface area contributed by atoms with Crippen molar-refractivity contribution in [1.29, 1.82) is 0 Å². The van der Waals surface area contributed by atoms with Crippen LogP contribution in [-0.4, -0.2) is 51.9 Å². The van der Waals surface area contributed by atoms with Crippen LogP contribution in [0.4, 0.5) is 5.82 Å². The molecule has 0 saturated carbocycles. The van der Waals surface area contributed by atoms with E-state index in [1.165, 1.54) is 0 Å². The lowest BCUT2D eigenvalue weighted by molar-refractivity contribution is -0.131. The first kappa shape index (κ1) is 16.4. The maximum Gasteiger partial charge on any atom is 0.222 e. The minimum atomic E-state index is 0.216. The third-order valence-electron chi connectivity index (χ3n) is 4.74. The Morgan fingerprint density at radius 2 is 1.85 bits per heavy atom. The quantitative estimate of drug-likeness (QED) is 0.729. The zero-order chi connectivity index (χ0) is 17.9. The fourth-order valence-corrected chi connectivity index (χ4v) is 3.32. The molecule has 1 aliphatic heterocycles. The summed E-state index contributed by atoms with van der Waals surface area (Å²) in [5.74, 6) is 1.82. The van der Waals surface area contributed by atoms with Crippen molar-refractivity contribution in [2.75, 3.05) is 31.1 Å². The number of amides is 1. The van der Waals surface area contributed by atoms with E-state index in [9.17, 15) is 4.79 Å². The molecule has 0 N–H and O–H groups in total. The molecule has 26 heavy (non-hydrogen) atoms. The molecule has 1 aliphatic rings. The van der Waals surface area contributed by atoms with Crippen LogP contribution >= 0.6 is 0 Å². The lowest BCUT2D eigenvalue weighted by atomic mass is 10.2. The first-order chi connectivity index (χ1) is 12.8. The second-order valence-corrected chi connectivity index (χ2v) is 6.35. The van der Waals surface area contributed by atoms with E-state index in [2.05, 4.69) is 16.0 Å².